The van der Waals surface area contributed by atoms with Crippen molar-refractivity contribution in [3.63, 3.8) is 0 Å². The van der Waals surface area contributed by atoms with E-state index in [9.17, 15) is 19.2 Å². The SMILES string of the molecule is CCCNC(=O)[C@@H](Cc1ccccc1)N(Cc1cccc(C)c1)C(=O)CCN1C(=O)[C@H]2CC=CC[C@H]2C1=O. The third-order valence-electron chi connectivity index (χ3n) is 7.40. The fourth-order valence-electron chi connectivity index (χ4n) is 5.37. The van der Waals surface area contributed by atoms with Gasteiger partial charge < -0.3 is 10.2 Å². The van der Waals surface area contributed by atoms with Gasteiger partial charge in [0.25, 0.3) is 0 Å². The van der Waals surface area contributed by atoms with Gasteiger partial charge in [-0.3, -0.25) is 24.1 Å². The molecule has 7 nitrogen and oxygen atoms in total. The van der Waals surface area contributed by atoms with Crippen LogP contribution in [0.3, 0.4) is 0 Å². The number of carbonyl (C=O) groups is 4. The van der Waals surface area contributed by atoms with Crippen LogP contribution in [0.5, 0.6) is 0 Å². The minimum absolute atomic E-state index is 0.0253. The molecule has 0 saturated carbocycles. The molecule has 3 atom stereocenters. The Morgan fingerprint density at radius 1 is 0.974 bits per heavy atom. The molecule has 2 aromatic rings. The van der Waals surface area contributed by atoms with E-state index < -0.39 is 6.04 Å². The fraction of sp³-hybridized carbons (Fsp3) is 0.419. The zero-order valence-electron chi connectivity index (χ0n) is 22.3. The molecule has 0 radical (unpaired) electrons. The summed E-state index contributed by atoms with van der Waals surface area (Å²) in [5, 5.41) is 2.97. The topological polar surface area (TPSA) is 86.8 Å². The number of nitrogens with zero attached hydrogens (tertiary/aromatic N) is 2. The van der Waals surface area contributed by atoms with Crippen molar-refractivity contribution in [1.82, 2.24) is 15.1 Å². The van der Waals surface area contributed by atoms with Gasteiger partial charge in [0.15, 0.2) is 0 Å². The summed E-state index contributed by atoms with van der Waals surface area (Å²) in [4.78, 5) is 56.0. The smallest absolute Gasteiger partial charge is 0.243 e. The fourth-order valence-corrected chi connectivity index (χ4v) is 5.37. The van der Waals surface area contributed by atoms with Crippen molar-refractivity contribution >= 4 is 23.6 Å². The van der Waals surface area contributed by atoms with Crippen LogP contribution in [0.1, 0.15) is 49.3 Å². The lowest BCUT2D eigenvalue weighted by Crippen LogP contribution is -2.51. The van der Waals surface area contributed by atoms with Crippen LogP contribution in [0.2, 0.25) is 0 Å². The summed E-state index contributed by atoms with van der Waals surface area (Å²) >= 11 is 0. The second-order valence-electron chi connectivity index (χ2n) is 10.2. The van der Waals surface area contributed by atoms with Gasteiger partial charge >= 0.3 is 0 Å². The molecule has 4 amide bonds. The van der Waals surface area contributed by atoms with E-state index in [1.54, 1.807) is 4.90 Å². The van der Waals surface area contributed by atoms with Gasteiger partial charge in [-0.2, -0.15) is 0 Å². The molecular weight excluding hydrogens is 478 g/mol. The molecule has 38 heavy (non-hydrogen) atoms. The van der Waals surface area contributed by atoms with Crippen LogP contribution >= 0.6 is 0 Å². The monoisotopic (exact) mass is 515 g/mol. The summed E-state index contributed by atoms with van der Waals surface area (Å²) in [6.07, 6.45) is 6.16. The van der Waals surface area contributed by atoms with Crippen molar-refractivity contribution in [2.24, 2.45) is 11.8 Å². The second kappa shape index (κ2) is 12.7. The molecule has 0 spiro atoms. The number of nitrogens with one attached hydrogen (secondary N) is 1. The highest BCUT2D eigenvalue weighted by Crippen LogP contribution is 2.35. The first-order chi connectivity index (χ1) is 18.4. The molecular formula is C31H37N3O4. The quantitative estimate of drug-likeness (QED) is 0.364. The van der Waals surface area contributed by atoms with E-state index in [0.717, 1.165) is 23.1 Å². The molecule has 1 saturated heterocycles. The molecule has 0 aromatic heterocycles. The standard InChI is InChI=1S/C31H37N3O4/c1-3-17-32-29(36)27(20-23-11-5-4-6-12-23)34(21-24-13-9-10-22(2)19-24)28(35)16-18-33-30(37)25-14-7-8-15-26(25)31(33)38/h4-13,19,25-27H,3,14-18,20-21H2,1-2H3,(H,32,36)/t25-,26+,27-/m1/s1. The van der Waals surface area contributed by atoms with Crippen molar-refractivity contribution in [1.29, 1.82) is 0 Å². The average Bonchev–Trinajstić information content (AvgIpc) is 3.17. The molecule has 200 valence electrons. The molecule has 1 N–H and O–H groups in total. The maximum Gasteiger partial charge on any atom is 0.243 e. The van der Waals surface area contributed by atoms with E-state index >= 15 is 0 Å². The number of hydrogen-bond donors (Lipinski definition) is 1. The van der Waals surface area contributed by atoms with Crippen molar-refractivity contribution in [3.8, 4) is 0 Å². The van der Waals surface area contributed by atoms with Crippen LogP contribution in [0.25, 0.3) is 0 Å². The molecule has 1 heterocycles. The Bertz CT molecular complexity index is 1170. The predicted molar refractivity (Wildman–Crippen MR) is 146 cm³/mol. The average molecular weight is 516 g/mol. The largest absolute Gasteiger partial charge is 0.354 e. The van der Waals surface area contributed by atoms with Crippen molar-refractivity contribution < 1.29 is 19.2 Å². The summed E-state index contributed by atoms with van der Waals surface area (Å²) < 4.78 is 0. The number of imide groups is 1. The number of benzene rings is 2. The number of fused-ring (bicyclic) bond motifs is 1. The maximum atomic E-state index is 13.8. The number of likely N-dealkylation sites (tertiary alicyclic amines) is 1. The Hall–Kier alpha value is -3.74. The molecule has 1 aliphatic carbocycles. The van der Waals surface area contributed by atoms with Crippen LogP contribution in [0, 0.1) is 18.8 Å². The minimum Gasteiger partial charge on any atom is -0.354 e. The Kier molecular flexibility index (Phi) is 9.10. The third kappa shape index (κ3) is 6.39. The molecule has 4 rings (SSSR count). The summed E-state index contributed by atoms with van der Waals surface area (Å²) in [6.45, 7) is 4.78. The first-order valence-corrected chi connectivity index (χ1v) is 13.6. The van der Waals surface area contributed by atoms with Gasteiger partial charge in [0.05, 0.1) is 11.8 Å². The van der Waals surface area contributed by atoms with Gasteiger partial charge in [-0.25, -0.2) is 0 Å². The lowest BCUT2D eigenvalue weighted by Gasteiger charge is -2.32. The van der Waals surface area contributed by atoms with E-state index in [1.165, 1.54) is 4.90 Å². The molecule has 1 fully saturated rings. The van der Waals surface area contributed by atoms with Crippen molar-refractivity contribution in [2.75, 3.05) is 13.1 Å². The summed E-state index contributed by atoms with van der Waals surface area (Å²) in [5.74, 6) is -1.49. The van der Waals surface area contributed by atoms with Crippen LogP contribution in [0.15, 0.2) is 66.7 Å². The lowest BCUT2D eigenvalue weighted by molar-refractivity contribution is -0.144. The summed E-state index contributed by atoms with van der Waals surface area (Å²) in [7, 11) is 0. The molecule has 0 bridgehead atoms. The first-order valence-electron chi connectivity index (χ1n) is 13.6. The van der Waals surface area contributed by atoms with Crippen LogP contribution < -0.4 is 5.32 Å². The van der Waals surface area contributed by atoms with Gasteiger partial charge in [0.1, 0.15) is 6.04 Å². The second-order valence-corrected chi connectivity index (χ2v) is 10.2. The zero-order chi connectivity index (χ0) is 27.1. The van der Waals surface area contributed by atoms with Crippen LogP contribution in [-0.4, -0.2) is 52.6 Å². The van der Waals surface area contributed by atoms with Gasteiger partial charge in [0.2, 0.25) is 23.6 Å². The Labute approximate surface area is 224 Å². The number of allylic oxidation sites excluding steroid dienone is 2. The van der Waals surface area contributed by atoms with Gasteiger partial charge in [0, 0.05) is 32.5 Å². The molecule has 1 aliphatic heterocycles. The van der Waals surface area contributed by atoms with E-state index in [1.807, 2.05) is 80.6 Å². The highest BCUT2D eigenvalue weighted by Gasteiger charge is 2.47. The Morgan fingerprint density at radius 2 is 1.63 bits per heavy atom. The number of aryl methyl sites for hydroxylation is 1. The van der Waals surface area contributed by atoms with Crippen molar-refractivity contribution in [2.45, 2.75) is 58.5 Å². The molecule has 7 heteroatoms. The molecule has 2 aromatic carbocycles. The Morgan fingerprint density at radius 3 is 2.26 bits per heavy atom. The van der Waals surface area contributed by atoms with E-state index in [0.29, 0.717) is 25.8 Å². The summed E-state index contributed by atoms with van der Waals surface area (Å²) in [5.41, 5.74) is 2.94. The number of rotatable bonds is 11. The number of carbonyl (C=O) groups excluding carboxylic acids is 4. The van der Waals surface area contributed by atoms with E-state index in [4.69, 9.17) is 0 Å². The number of amides is 4. The summed E-state index contributed by atoms with van der Waals surface area (Å²) in [6, 6.07) is 16.8. The number of hydrogen-bond acceptors (Lipinski definition) is 4. The molecule has 2 aliphatic rings. The maximum absolute atomic E-state index is 13.8. The van der Waals surface area contributed by atoms with E-state index in [2.05, 4.69) is 5.32 Å². The highest BCUT2D eigenvalue weighted by molar-refractivity contribution is 6.05. The predicted octanol–water partition coefficient (Wildman–Crippen LogP) is 3.80. The van der Waals surface area contributed by atoms with E-state index in [-0.39, 0.29) is 55.0 Å². The van der Waals surface area contributed by atoms with Crippen molar-refractivity contribution in [3.05, 3.63) is 83.4 Å². The molecule has 0 unspecified atom stereocenters. The lowest BCUT2D eigenvalue weighted by atomic mass is 9.85. The van der Waals surface area contributed by atoms with Gasteiger partial charge in [-0.15, -0.1) is 0 Å². The minimum atomic E-state index is -0.728. The zero-order valence-corrected chi connectivity index (χ0v) is 22.3. The van der Waals surface area contributed by atoms with Gasteiger partial charge in [-0.1, -0.05) is 79.2 Å². The van der Waals surface area contributed by atoms with Crippen LogP contribution in [0.4, 0.5) is 0 Å². The van der Waals surface area contributed by atoms with Crippen LogP contribution in [-0.2, 0) is 32.1 Å². The first kappa shape index (κ1) is 27.3. The highest BCUT2D eigenvalue weighted by atomic mass is 16.2. The normalized spacial score (nSPS) is 19.3. The third-order valence-corrected chi connectivity index (χ3v) is 7.40. The van der Waals surface area contributed by atoms with Gasteiger partial charge in [-0.05, 0) is 37.3 Å². The Balaban J connectivity index is 1.57.